The first-order valence-electron chi connectivity index (χ1n) is 4.90. The number of nitro groups is 1. The van der Waals surface area contributed by atoms with Gasteiger partial charge in [0.05, 0.1) is 4.92 Å². The SMILES string of the molecule is C/C=C/C(C)=C(/C=C(\CC)[N+](=O)[O-])S(=O)(=O)O. The van der Waals surface area contributed by atoms with E-state index in [1.165, 1.54) is 19.9 Å². The molecule has 0 fully saturated rings. The van der Waals surface area contributed by atoms with Gasteiger partial charge in [0.15, 0.2) is 0 Å². The highest BCUT2D eigenvalue weighted by molar-refractivity contribution is 7.90. The molecule has 7 heteroatoms. The Morgan fingerprint density at radius 3 is 2.29 bits per heavy atom. The Labute approximate surface area is 100 Å². The Kier molecular flexibility index (Phi) is 5.77. The Hall–Kier alpha value is -1.47. The van der Waals surface area contributed by atoms with Crippen LogP contribution in [0.25, 0.3) is 0 Å². The standard InChI is InChI=1S/C10H15NO5S/c1-4-6-8(3)10(17(14,15)16)7-9(5-2)11(12)13/h4,6-7H,5H2,1-3H3,(H,14,15,16)/b6-4+,9-7+,10-8-. The van der Waals surface area contributed by atoms with Gasteiger partial charge >= 0.3 is 0 Å². The molecule has 0 amide bonds. The summed E-state index contributed by atoms with van der Waals surface area (Å²) in [4.78, 5) is 9.47. The molecule has 0 aromatic rings. The predicted molar refractivity (Wildman–Crippen MR) is 64.4 cm³/mol. The van der Waals surface area contributed by atoms with Gasteiger partial charge in [-0.05, 0) is 19.4 Å². The molecule has 0 radical (unpaired) electrons. The van der Waals surface area contributed by atoms with Gasteiger partial charge in [0.25, 0.3) is 10.1 Å². The van der Waals surface area contributed by atoms with Crippen molar-refractivity contribution in [2.45, 2.75) is 27.2 Å². The second kappa shape index (κ2) is 6.31. The highest BCUT2D eigenvalue weighted by Gasteiger charge is 2.18. The maximum atomic E-state index is 11.1. The zero-order valence-corrected chi connectivity index (χ0v) is 10.7. The van der Waals surface area contributed by atoms with Gasteiger partial charge in [-0.1, -0.05) is 19.1 Å². The van der Waals surface area contributed by atoms with Crippen LogP contribution in [0.1, 0.15) is 27.2 Å². The predicted octanol–water partition coefficient (Wildman–Crippen LogP) is 2.29. The van der Waals surface area contributed by atoms with Crippen molar-refractivity contribution in [3.05, 3.63) is 44.5 Å². The number of hydrogen-bond donors (Lipinski definition) is 1. The van der Waals surface area contributed by atoms with Crippen molar-refractivity contribution in [1.29, 1.82) is 0 Å². The Morgan fingerprint density at radius 2 is 2.00 bits per heavy atom. The zero-order valence-electron chi connectivity index (χ0n) is 9.87. The summed E-state index contributed by atoms with van der Waals surface area (Å²) in [7, 11) is -4.48. The third-order valence-corrected chi connectivity index (χ3v) is 2.97. The first-order chi connectivity index (χ1) is 7.73. The fraction of sp³-hybridized carbons (Fsp3) is 0.400. The van der Waals surface area contributed by atoms with E-state index in [1.807, 2.05) is 0 Å². The quantitative estimate of drug-likeness (QED) is 0.354. The maximum Gasteiger partial charge on any atom is 0.295 e. The molecule has 17 heavy (non-hydrogen) atoms. The molecule has 0 heterocycles. The molecular weight excluding hydrogens is 246 g/mol. The average molecular weight is 261 g/mol. The molecule has 0 bridgehead atoms. The van der Waals surface area contributed by atoms with E-state index in [-0.39, 0.29) is 17.7 Å². The van der Waals surface area contributed by atoms with Crippen molar-refractivity contribution in [3.63, 3.8) is 0 Å². The molecule has 0 aliphatic carbocycles. The average Bonchev–Trinajstić information content (AvgIpc) is 2.16. The smallest absolute Gasteiger partial charge is 0.282 e. The van der Waals surface area contributed by atoms with E-state index in [2.05, 4.69) is 0 Å². The van der Waals surface area contributed by atoms with Crippen molar-refractivity contribution in [3.8, 4) is 0 Å². The lowest BCUT2D eigenvalue weighted by molar-refractivity contribution is -0.427. The van der Waals surface area contributed by atoms with Crippen molar-refractivity contribution >= 4 is 10.1 Å². The topological polar surface area (TPSA) is 97.5 Å². The number of allylic oxidation sites excluding steroid dienone is 5. The van der Waals surface area contributed by atoms with Crippen LogP contribution in [-0.2, 0) is 10.1 Å². The lowest BCUT2D eigenvalue weighted by Crippen LogP contribution is -2.05. The fourth-order valence-corrected chi connectivity index (χ4v) is 1.92. The van der Waals surface area contributed by atoms with Crippen LogP contribution in [0.4, 0.5) is 0 Å². The third-order valence-electron chi connectivity index (χ3n) is 1.98. The summed E-state index contributed by atoms with van der Waals surface area (Å²) < 4.78 is 31.3. The monoisotopic (exact) mass is 261 g/mol. The first-order valence-corrected chi connectivity index (χ1v) is 6.34. The van der Waals surface area contributed by atoms with Gasteiger partial charge in [-0.3, -0.25) is 14.7 Å². The Balaban J connectivity index is 5.86. The lowest BCUT2D eigenvalue weighted by atomic mass is 10.2. The van der Waals surface area contributed by atoms with Crippen LogP contribution in [0.5, 0.6) is 0 Å². The van der Waals surface area contributed by atoms with Crippen molar-refractivity contribution in [2.75, 3.05) is 0 Å². The van der Waals surface area contributed by atoms with Gasteiger partial charge in [-0.15, -0.1) is 0 Å². The van der Waals surface area contributed by atoms with Crippen LogP contribution in [0.2, 0.25) is 0 Å². The minimum Gasteiger partial charge on any atom is -0.282 e. The van der Waals surface area contributed by atoms with Gasteiger partial charge in [-0.25, -0.2) is 0 Å². The van der Waals surface area contributed by atoms with Gasteiger partial charge in [0.1, 0.15) is 4.91 Å². The molecule has 0 aromatic carbocycles. The van der Waals surface area contributed by atoms with Gasteiger partial charge in [-0.2, -0.15) is 8.42 Å². The lowest BCUT2D eigenvalue weighted by Gasteiger charge is -2.02. The van der Waals surface area contributed by atoms with E-state index in [9.17, 15) is 18.5 Å². The number of rotatable bonds is 5. The van der Waals surface area contributed by atoms with Crippen molar-refractivity contribution in [2.24, 2.45) is 0 Å². The minimum atomic E-state index is -4.48. The Bertz CT molecular complexity index is 485. The van der Waals surface area contributed by atoms with E-state index in [1.54, 1.807) is 13.0 Å². The van der Waals surface area contributed by atoms with Crippen molar-refractivity contribution in [1.82, 2.24) is 0 Å². The summed E-state index contributed by atoms with van der Waals surface area (Å²) in [5.74, 6) is 0. The van der Waals surface area contributed by atoms with Crippen LogP contribution in [0.3, 0.4) is 0 Å². The molecule has 0 saturated heterocycles. The molecule has 0 aromatic heterocycles. The highest BCUT2D eigenvalue weighted by atomic mass is 32.2. The third kappa shape index (κ3) is 4.92. The summed E-state index contributed by atoms with van der Waals surface area (Å²) >= 11 is 0. The van der Waals surface area contributed by atoms with E-state index in [4.69, 9.17) is 4.55 Å². The van der Waals surface area contributed by atoms with Gasteiger partial charge in [0, 0.05) is 12.5 Å². The summed E-state index contributed by atoms with van der Waals surface area (Å²) in [5.41, 5.74) is -0.0377. The fourth-order valence-electron chi connectivity index (χ4n) is 1.16. The van der Waals surface area contributed by atoms with Crippen LogP contribution < -0.4 is 0 Å². The molecule has 0 saturated carbocycles. The summed E-state index contributed by atoms with van der Waals surface area (Å²) in [6, 6.07) is 0. The normalized spacial score (nSPS) is 14.9. The molecule has 0 rings (SSSR count). The number of nitrogens with zero attached hydrogens (tertiary/aromatic N) is 1. The largest absolute Gasteiger partial charge is 0.295 e. The summed E-state index contributed by atoms with van der Waals surface area (Å²) in [5, 5.41) is 10.6. The molecule has 0 unspecified atom stereocenters. The number of hydrogen-bond acceptors (Lipinski definition) is 4. The minimum absolute atomic E-state index is 0.0646. The van der Waals surface area contributed by atoms with Crippen LogP contribution in [0, 0.1) is 10.1 Å². The molecule has 96 valence electrons. The summed E-state index contributed by atoms with van der Waals surface area (Å²) in [6.07, 6.45) is 3.97. The summed E-state index contributed by atoms with van der Waals surface area (Å²) in [6.45, 7) is 4.65. The molecule has 0 atom stereocenters. The molecule has 1 N–H and O–H groups in total. The second-order valence-electron chi connectivity index (χ2n) is 3.27. The molecule has 0 spiro atoms. The van der Waals surface area contributed by atoms with Gasteiger partial charge in [0.2, 0.25) is 5.70 Å². The maximum absolute atomic E-state index is 11.1. The van der Waals surface area contributed by atoms with Crippen LogP contribution in [-0.4, -0.2) is 17.9 Å². The van der Waals surface area contributed by atoms with Gasteiger partial charge < -0.3 is 0 Å². The second-order valence-corrected chi connectivity index (χ2v) is 4.66. The molecule has 0 aliphatic rings. The van der Waals surface area contributed by atoms with E-state index in [0.717, 1.165) is 6.08 Å². The molecular formula is C10H15NO5S. The van der Waals surface area contributed by atoms with E-state index in [0.29, 0.717) is 0 Å². The first kappa shape index (κ1) is 15.5. The zero-order chi connectivity index (χ0) is 13.6. The highest BCUT2D eigenvalue weighted by Crippen LogP contribution is 2.17. The van der Waals surface area contributed by atoms with Crippen LogP contribution in [0.15, 0.2) is 34.4 Å². The van der Waals surface area contributed by atoms with E-state index < -0.39 is 19.9 Å². The molecule has 6 nitrogen and oxygen atoms in total. The Morgan fingerprint density at radius 1 is 1.47 bits per heavy atom. The van der Waals surface area contributed by atoms with Crippen molar-refractivity contribution < 1.29 is 17.9 Å². The van der Waals surface area contributed by atoms with Crippen LogP contribution >= 0.6 is 0 Å². The van der Waals surface area contributed by atoms with E-state index >= 15 is 0 Å². The molecule has 0 aliphatic heterocycles.